The monoisotopic (exact) mass is 305 g/mol. The van der Waals surface area contributed by atoms with Crippen molar-refractivity contribution >= 4 is 16.5 Å². The van der Waals surface area contributed by atoms with Crippen LogP contribution >= 0.6 is 11.3 Å². The fourth-order valence-electron chi connectivity index (χ4n) is 2.90. The van der Waals surface area contributed by atoms with Crippen molar-refractivity contribution in [2.75, 3.05) is 19.0 Å². The van der Waals surface area contributed by atoms with Crippen LogP contribution in [0.3, 0.4) is 0 Å². The lowest BCUT2D eigenvalue weighted by Gasteiger charge is -2.10. The molecule has 0 amide bonds. The van der Waals surface area contributed by atoms with Crippen LogP contribution in [0.2, 0.25) is 0 Å². The summed E-state index contributed by atoms with van der Waals surface area (Å²) in [6.07, 6.45) is 2.63. The minimum Gasteiger partial charge on any atom is -0.383 e. The fraction of sp³-hybridized carbons (Fsp3) is 0.562. The Morgan fingerprint density at radius 3 is 2.90 bits per heavy atom. The van der Waals surface area contributed by atoms with Gasteiger partial charge in [-0.2, -0.15) is 0 Å². The quantitative estimate of drug-likeness (QED) is 0.876. The summed E-state index contributed by atoms with van der Waals surface area (Å²) in [4.78, 5) is 4.74. The van der Waals surface area contributed by atoms with Crippen LogP contribution in [-0.2, 0) is 4.74 Å². The van der Waals surface area contributed by atoms with Gasteiger partial charge in [0.15, 0.2) is 5.13 Å². The van der Waals surface area contributed by atoms with Gasteiger partial charge in [-0.05, 0) is 39.7 Å². The van der Waals surface area contributed by atoms with E-state index in [9.17, 15) is 0 Å². The topological polar surface area (TPSA) is 39.1 Å². The Morgan fingerprint density at radius 1 is 1.48 bits per heavy atom. The van der Waals surface area contributed by atoms with E-state index in [0.717, 1.165) is 16.9 Å². The summed E-state index contributed by atoms with van der Waals surface area (Å²) in [5, 5.41) is 6.49. The molecule has 0 radical (unpaired) electrons. The Hall–Kier alpha value is -1.33. The van der Waals surface area contributed by atoms with E-state index in [1.807, 2.05) is 0 Å². The van der Waals surface area contributed by atoms with Crippen molar-refractivity contribution in [1.82, 2.24) is 9.55 Å². The highest BCUT2D eigenvalue weighted by Gasteiger charge is 2.27. The molecule has 4 nitrogen and oxygen atoms in total. The molecule has 0 bridgehead atoms. The second-order valence-corrected chi connectivity index (χ2v) is 6.78. The SMILES string of the molecule is COC[C@@H](C)Nc1nc(-c2cc(C)n(C3CC3)c2C)cs1. The molecule has 2 heterocycles. The molecule has 114 valence electrons. The first-order valence-electron chi connectivity index (χ1n) is 7.50. The Morgan fingerprint density at radius 2 is 2.24 bits per heavy atom. The van der Waals surface area contributed by atoms with Crippen molar-refractivity contribution in [3.63, 3.8) is 0 Å². The van der Waals surface area contributed by atoms with E-state index in [0.29, 0.717) is 6.61 Å². The standard InChI is InChI=1S/C16H23N3OS/c1-10(8-20-4)17-16-18-15(9-21-16)14-7-11(2)19(12(14)3)13-5-6-13/h7,9-10,13H,5-6,8H2,1-4H3,(H,17,18)/t10-/m1/s1. The van der Waals surface area contributed by atoms with Gasteiger partial charge in [-0.15, -0.1) is 11.3 Å². The largest absolute Gasteiger partial charge is 0.383 e. The average molecular weight is 305 g/mol. The molecular weight excluding hydrogens is 282 g/mol. The lowest BCUT2D eigenvalue weighted by Crippen LogP contribution is -2.20. The minimum absolute atomic E-state index is 0.271. The molecular formula is C16H23N3OS. The van der Waals surface area contributed by atoms with Gasteiger partial charge in [0.25, 0.3) is 0 Å². The number of hydrogen-bond acceptors (Lipinski definition) is 4. The smallest absolute Gasteiger partial charge is 0.183 e. The van der Waals surface area contributed by atoms with Crippen molar-refractivity contribution in [2.24, 2.45) is 0 Å². The number of nitrogens with zero attached hydrogens (tertiary/aromatic N) is 2. The highest BCUT2D eigenvalue weighted by molar-refractivity contribution is 7.14. The lowest BCUT2D eigenvalue weighted by molar-refractivity contribution is 0.190. The number of hydrogen-bond donors (Lipinski definition) is 1. The fourth-order valence-corrected chi connectivity index (χ4v) is 3.72. The van der Waals surface area contributed by atoms with Gasteiger partial charge >= 0.3 is 0 Å². The number of ether oxygens (including phenoxy) is 1. The van der Waals surface area contributed by atoms with Crippen LogP contribution in [0.5, 0.6) is 0 Å². The first-order chi connectivity index (χ1) is 10.1. The number of methoxy groups -OCH3 is 1. The maximum atomic E-state index is 5.15. The van der Waals surface area contributed by atoms with E-state index in [1.165, 1.54) is 29.8 Å². The summed E-state index contributed by atoms with van der Waals surface area (Å²) in [5.74, 6) is 0. The molecule has 1 fully saturated rings. The van der Waals surface area contributed by atoms with E-state index in [-0.39, 0.29) is 6.04 Å². The molecule has 0 aliphatic heterocycles. The zero-order valence-corrected chi connectivity index (χ0v) is 14.0. The third-order valence-electron chi connectivity index (χ3n) is 3.96. The zero-order valence-electron chi connectivity index (χ0n) is 13.1. The molecule has 21 heavy (non-hydrogen) atoms. The van der Waals surface area contributed by atoms with Crippen LogP contribution in [0, 0.1) is 13.8 Å². The molecule has 0 unspecified atom stereocenters. The van der Waals surface area contributed by atoms with Crippen molar-refractivity contribution < 1.29 is 4.74 Å². The third kappa shape index (κ3) is 2.99. The number of thiazole rings is 1. The normalized spacial score (nSPS) is 16.2. The van der Waals surface area contributed by atoms with Crippen LogP contribution < -0.4 is 5.32 Å². The molecule has 2 aromatic rings. The molecule has 1 N–H and O–H groups in total. The number of anilines is 1. The molecule has 0 aromatic carbocycles. The Balaban J connectivity index is 1.81. The summed E-state index contributed by atoms with van der Waals surface area (Å²) in [6.45, 7) is 7.19. The van der Waals surface area contributed by atoms with Crippen molar-refractivity contribution in [2.45, 2.75) is 45.7 Å². The van der Waals surface area contributed by atoms with Crippen molar-refractivity contribution in [3.05, 3.63) is 22.8 Å². The second kappa shape index (κ2) is 5.81. The van der Waals surface area contributed by atoms with E-state index in [4.69, 9.17) is 9.72 Å². The predicted octanol–water partition coefficient (Wildman–Crippen LogP) is 4.01. The van der Waals surface area contributed by atoms with Gasteiger partial charge < -0.3 is 14.6 Å². The average Bonchev–Trinajstić information content (AvgIpc) is 3.08. The number of aryl methyl sites for hydroxylation is 1. The molecule has 5 heteroatoms. The number of aromatic nitrogens is 2. The van der Waals surface area contributed by atoms with Crippen molar-refractivity contribution in [1.29, 1.82) is 0 Å². The Bertz CT molecular complexity index is 628. The van der Waals surface area contributed by atoms with Crippen LogP contribution in [0.15, 0.2) is 11.4 Å². The molecule has 2 aromatic heterocycles. The van der Waals surface area contributed by atoms with E-state index >= 15 is 0 Å². The minimum atomic E-state index is 0.271. The Kier molecular flexibility index (Phi) is 4.04. The molecule has 1 aliphatic carbocycles. The summed E-state index contributed by atoms with van der Waals surface area (Å²) in [5.41, 5.74) is 5.03. The highest BCUT2D eigenvalue weighted by atomic mass is 32.1. The summed E-state index contributed by atoms with van der Waals surface area (Å²) in [6, 6.07) is 3.26. The first kappa shape index (κ1) is 14.6. The van der Waals surface area contributed by atoms with Gasteiger partial charge in [-0.3, -0.25) is 0 Å². The lowest BCUT2D eigenvalue weighted by atomic mass is 10.2. The van der Waals surface area contributed by atoms with Gasteiger partial charge in [0, 0.05) is 41.5 Å². The second-order valence-electron chi connectivity index (χ2n) is 5.92. The maximum absolute atomic E-state index is 5.15. The number of nitrogens with one attached hydrogen (secondary N) is 1. The summed E-state index contributed by atoms with van der Waals surface area (Å²) >= 11 is 1.66. The zero-order chi connectivity index (χ0) is 15.0. The number of rotatable bonds is 6. The van der Waals surface area contributed by atoms with E-state index < -0.39 is 0 Å². The molecule has 1 aliphatic rings. The van der Waals surface area contributed by atoms with Crippen molar-refractivity contribution in [3.8, 4) is 11.3 Å². The van der Waals surface area contributed by atoms with Gasteiger partial charge in [0.05, 0.1) is 12.3 Å². The van der Waals surface area contributed by atoms with Gasteiger partial charge in [0.2, 0.25) is 0 Å². The third-order valence-corrected chi connectivity index (χ3v) is 4.74. The highest BCUT2D eigenvalue weighted by Crippen LogP contribution is 2.40. The molecule has 0 spiro atoms. The summed E-state index contributed by atoms with van der Waals surface area (Å²) in [7, 11) is 1.72. The van der Waals surface area contributed by atoms with Crippen LogP contribution in [0.4, 0.5) is 5.13 Å². The molecule has 1 atom stereocenters. The molecule has 0 saturated heterocycles. The van der Waals surface area contributed by atoms with Crippen LogP contribution in [0.25, 0.3) is 11.3 Å². The van der Waals surface area contributed by atoms with Gasteiger partial charge in [0.1, 0.15) is 0 Å². The van der Waals surface area contributed by atoms with E-state index in [1.54, 1.807) is 18.4 Å². The van der Waals surface area contributed by atoms with Crippen LogP contribution in [-0.4, -0.2) is 29.3 Å². The Labute approximate surface area is 130 Å². The predicted molar refractivity (Wildman–Crippen MR) is 88.2 cm³/mol. The summed E-state index contributed by atoms with van der Waals surface area (Å²) < 4.78 is 7.62. The first-order valence-corrected chi connectivity index (χ1v) is 8.38. The molecule has 1 saturated carbocycles. The van der Waals surface area contributed by atoms with Gasteiger partial charge in [-0.1, -0.05) is 0 Å². The van der Waals surface area contributed by atoms with Gasteiger partial charge in [-0.25, -0.2) is 4.98 Å². The maximum Gasteiger partial charge on any atom is 0.183 e. The molecule has 3 rings (SSSR count). The van der Waals surface area contributed by atoms with Crippen LogP contribution in [0.1, 0.15) is 37.2 Å². The van der Waals surface area contributed by atoms with E-state index in [2.05, 4.69) is 42.1 Å².